The lowest BCUT2D eigenvalue weighted by atomic mass is 10.3. The minimum absolute atomic E-state index is 0.300. The van der Waals surface area contributed by atoms with Gasteiger partial charge in [0.25, 0.3) is 0 Å². The molecule has 0 aliphatic rings. The second-order valence-corrected chi connectivity index (χ2v) is 5.47. The number of halogens is 2. The summed E-state index contributed by atoms with van der Waals surface area (Å²) in [5.74, 6) is 2.31. The maximum Gasteiger partial charge on any atom is 0.166 e. The molecule has 0 fully saturated rings. The number of benzene rings is 2. The fraction of sp³-hybridized carbons (Fsp3) is 0.118. The molecule has 3 rings (SSSR count). The molecule has 0 saturated carbocycles. The fourth-order valence-electron chi connectivity index (χ4n) is 1.99. The van der Waals surface area contributed by atoms with Crippen molar-refractivity contribution in [3.05, 3.63) is 71.2 Å². The van der Waals surface area contributed by atoms with E-state index in [1.54, 1.807) is 10.9 Å². The van der Waals surface area contributed by atoms with Gasteiger partial charge in [-0.3, -0.25) is 0 Å². The monoisotopic (exact) mass is 348 g/mol. The summed E-state index contributed by atoms with van der Waals surface area (Å²) >= 11 is 11.8. The highest BCUT2D eigenvalue weighted by Crippen LogP contribution is 2.24. The van der Waals surface area contributed by atoms with Gasteiger partial charge in [0.15, 0.2) is 5.15 Å². The maximum atomic E-state index is 5.98. The molecule has 0 amide bonds. The molecule has 2 aromatic carbocycles. The highest BCUT2D eigenvalue weighted by Gasteiger charge is 2.05. The normalized spacial score (nSPS) is 10.5. The van der Waals surface area contributed by atoms with Gasteiger partial charge in [0.2, 0.25) is 0 Å². The van der Waals surface area contributed by atoms with E-state index >= 15 is 0 Å². The quantitative estimate of drug-likeness (QED) is 0.624. The van der Waals surface area contributed by atoms with Crippen molar-refractivity contribution >= 4 is 23.2 Å². The van der Waals surface area contributed by atoms with Gasteiger partial charge in [-0.25, -0.2) is 4.98 Å². The fourth-order valence-corrected chi connectivity index (χ4v) is 2.32. The molecular formula is C17H14Cl2N2O2. The van der Waals surface area contributed by atoms with Crippen LogP contribution in [-0.4, -0.2) is 16.2 Å². The van der Waals surface area contributed by atoms with Gasteiger partial charge in [-0.05, 0) is 36.4 Å². The average Bonchev–Trinajstić information content (AvgIpc) is 2.90. The summed E-state index contributed by atoms with van der Waals surface area (Å²) in [6.45, 7) is 1.03. The highest BCUT2D eigenvalue weighted by molar-refractivity contribution is 6.40. The summed E-state index contributed by atoms with van der Waals surface area (Å²) in [7, 11) is 0. The van der Waals surface area contributed by atoms with Crippen LogP contribution in [0, 0.1) is 0 Å². The Labute approximate surface area is 144 Å². The molecule has 6 heteroatoms. The van der Waals surface area contributed by atoms with Crippen LogP contribution in [0.25, 0.3) is 0 Å². The first-order valence-corrected chi connectivity index (χ1v) is 7.80. The molecule has 1 heterocycles. The summed E-state index contributed by atoms with van der Waals surface area (Å²) in [6, 6.07) is 17.1. The van der Waals surface area contributed by atoms with E-state index in [4.69, 9.17) is 32.7 Å². The van der Waals surface area contributed by atoms with Crippen LogP contribution in [0.1, 0.15) is 0 Å². The predicted octanol–water partition coefficient (Wildman–Crippen LogP) is 5.06. The van der Waals surface area contributed by atoms with Gasteiger partial charge < -0.3 is 14.0 Å². The topological polar surface area (TPSA) is 36.3 Å². The van der Waals surface area contributed by atoms with Crippen LogP contribution >= 0.6 is 23.2 Å². The Kier molecular flexibility index (Phi) is 5.05. The molecule has 0 atom stereocenters. The smallest absolute Gasteiger partial charge is 0.166 e. The van der Waals surface area contributed by atoms with E-state index < -0.39 is 0 Å². The molecule has 4 nitrogen and oxygen atoms in total. The van der Waals surface area contributed by atoms with Crippen molar-refractivity contribution in [1.82, 2.24) is 9.55 Å². The van der Waals surface area contributed by atoms with E-state index in [-0.39, 0.29) is 0 Å². The van der Waals surface area contributed by atoms with Crippen molar-refractivity contribution in [2.24, 2.45) is 0 Å². The number of hydrogen-bond donors (Lipinski definition) is 0. The third kappa shape index (κ3) is 4.18. The molecule has 0 saturated heterocycles. The molecule has 0 unspecified atom stereocenters. The third-order valence-corrected chi connectivity index (χ3v) is 3.91. The largest absolute Gasteiger partial charge is 0.492 e. The van der Waals surface area contributed by atoms with Crippen LogP contribution in [0.2, 0.25) is 10.3 Å². The van der Waals surface area contributed by atoms with Crippen molar-refractivity contribution < 1.29 is 9.47 Å². The summed E-state index contributed by atoms with van der Waals surface area (Å²) in [5, 5.41) is 0.718. The number of rotatable bonds is 6. The zero-order valence-electron chi connectivity index (χ0n) is 12.2. The van der Waals surface area contributed by atoms with Gasteiger partial charge in [0.05, 0.1) is 12.9 Å². The number of aromatic nitrogens is 2. The van der Waals surface area contributed by atoms with E-state index in [0.717, 1.165) is 17.2 Å². The molecule has 3 aromatic rings. The second-order valence-electron chi connectivity index (χ2n) is 4.75. The first-order chi connectivity index (χ1) is 11.2. The minimum Gasteiger partial charge on any atom is -0.492 e. The molecule has 0 bridgehead atoms. The minimum atomic E-state index is 0.300. The van der Waals surface area contributed by atoms with Gasteiger partial charge in [-0.1, -0.05) is 41.4 Å². The van der Waals surface area contributed by atoms with Gasteiger partial charge >= 0.3 is 0 Å². The number of ether oxygens (including phenoxy) is 2. The Bertz CT molecular complexity index is 758. The number of hydrogen-bond acceptors (Lipinski definition) is 3. The van der Waals surface area contributed by atoms with E-state index in [2.05, 4.69) is 4.98 Å². The van der Waals surface area contributed by atoms with Crippen LogP contribution in [-0.2, 0) is 6.54 Å². The van der Waals surface area contributed by atoms with Crippen LogP contribution in [0.3, 0.4) is 0 Å². The molecule has 1 aromatic heterocycles. The van der Waals surface area contributed by atoms with Crippen LogP contribution < -0.4 is 9.47 Å². The summed E-state index contributed by atoms with van der Waals surface area (Å²) in [5.41, 5.74) is 0. The first kappa shape index (κ1) is 15.7. The maximum absolute atomic E-state index is 5.98. The van der Waals surface area contributed by atoms with Crippen LogP contribution in [0.5, 0.6) is 17.2 Å². The molecule has 0 spiro atoms. The summed E-state index contributed by atoms with van der Waals surface area (Å²) in [6.07, 6.45) is 1.59. The van der Waals surface area contributed by atoms with Gasteiger partial charge in [0.1, 0.15) is 29.0 Å². The molecule has 0 aliphatic heterocycles. The van der Waals surface area contributed by atoms with Gasteiger partial charge in [-0.15, -0.1) is 0 Å². The van der Waals surface area contributed by atoms with Crippen molar-refractivity contribution in [1.29, 1.82) is 0 Å². The van der Waals surface area contributed by atoms with Crippen molar-refractivity contribution in [2.75, 3.05) is 6.61 Å². The zero-order chi connectivity index (χ0) is 16.1. The van der Waals surface area contributed by atoms with E-state index in [0.29, 0.717) is 23.5 Å². The average molecular weight is 349 g/mol. The van der Waals surface area contributed by atoms with E-state index in [1.165, 1.54) is 0 Å². The van der Waals surface area contributed by atoms with E-state index in [9.17, 15) is 0 Å². The van der Waals surface area contributed by atoms with Crippen molar-refractivity contribution in [3.8, 4) is 17.2 Å². The SMILES string of the molecule is Clc1ncn(CCOc2ccc(Oc3ccccc3)cc2)c1Cl. The summed E-state index contributed by atoms with van der Waals surface area (Å²) in [4.78, 5) is 3.92. The Morgan fingerprint density at radius 1 is 0.870 bits per heavy atom. The number of nitrogens with zero attached hydrogens (tertiary/aromatic N) is 2. The predicted molar refractivity (Wildman–Crippen MR) is 90.7 cm³/mol. The van der Waals surface area contributed by atoms with Crippen LogP contribution in [0.15, 0.2) is 60.9 Å². The Morgan fingerprint density at radius 3 is 2.17 bits per heavy atom. The van der Waals surface area contributed by atoms with E-state index in [1.807, 2.05) is 54.6 Å². The number of imidazole rings is 1. The Balaban J connectivity index is 1.52. The van der Waals surface area contributed by atoms with Crippen LogP contribution in [0.4, 0.5) is 0 Å². The van der Waals surface area contributed by atoms with Gasteiger partial charge in [0, 0.05) is 0 Å². The number of para-hydroxylation sites is 1. The standard InChI is InChI=1S/C17H14Cl2N2O2/c18-16-17(19)21(12-20-16)10-11-22-13-6-8-15(9-7-13)23-14-4-2-1-3-5-14/h1-9,12H,10-11H2. The lowest BCUT2D eigenvalue weighted by molar-refractivity contribution is 0.298. The zero-order valence-corrected chi connectivity index (χ0v) is 13.7. The summed E-state index contributed by atoms with van der Waals surface area (Å²) < 4.78 is 13.1. The van der Waals surface area contributed by atoms with Gasteiger partial charge in [-0.2, -0.15) is 0 Å². The third-order valence-electron chi connectivity index (χ3n) is 3.14. The van der Waals surface area contributed by atoms with Crippen molar-refractivity contribution in [3.63, 3.8) is 0 Å². The van der Waals surface area contributed by atoms with Crippen molar-refractivity contribution in [2.45, 2.75) is 6.54 Å². The Hall–Kier alpha value is -2.17. The molecule has 118 valence electrons. The second kappa shape index (κ2) is 7.40. The molecule has 0 radical (unpaired) electrons. The lowest BCUT2D eigenvalue weighted by Crippen LogP contribution is -2.07. The highest BCUT2D eigenvalue weighted by atomic mass is 35.5. The molecule has 0 aliphatic carbocycles. The lowest BCUT2D eigenvalue weighted by Gasteiger charge is -2.09. The molecule has 0 N–H and O–H groups in total. The molecular weight excluding hydrogens is 335 g/mol. The molecule has 23 heavy (non-hydrogen) atoms. The first-order valence-electron chi connectivity index (χ1n) is 7.04. The Morgan fingerprint density at radius 2 is 1.52 bits per heavy atom.